The molecule has 2 heteroatoms. The zero-order valence-corrected chi connectivity index (χ0v) is 10.7. The third-order valence-electron chi connectivity index (χ3n) is 3.82. The van der Waals surface area contributed by atoms with Crippen LogP contribution in [0, 0.1) is 17.8 Å². The lowest BCUT2D eigenvalue weighted by molar-refractivity contribution is 0.109. The maximum absolute atomic E-state index is 9.75. The zero-order valence-electron chi connectivity index (χ0n) is 10.7. The zero-order chi connectivity index (χ0) is 11.4. The predicted octanol–water partition coefficient (Wildman–Crippen LogP) is 2.42. The van der Waals surface area contributed by atoms with Crippen LogP contribution in [0.15, 0.2) is 0 Å². The summed E-state index contributed by atoms with van der Waals surface area (Å²) >= 11 is 0. The minimum absolute atomic E-state index is 0.200. The average molecular weight is 213 g/mol. The van der Waals surface area contributed by atoms with Crippen LogP contribution < -0.4 is 5.32 Å². The Balaban J connectivity index is 2.30. The number of nitrogens with one attached hydrogen (secondary N) is 1. The monoisotopic (exact) mass is 213 g/mol. The molecule has 0 aromatic rings. The number of hydrogen-bond acceptors (Lipinski definition) is 2. The summed E-state index contributed by atoms with van der Waals surface area (Å²) in [6, 6.07) is 0.613. The Morgan fingerprint density at radius 2 is 1.93 bits per heavy atom. The van der Waals surface area contributed by atoms with Gasteiger partial charge in [-0.05, 0) is 30.6 Å². The van der Waals surface area contributed by atoms with Gasteiger partial charge in [-0.25, -0.2) is 0 Å². The molecule has 1 aliphatic rings. The Morgan fingerprint density at radius 3 is 2.53 bits per heavy atom. The Kier molecular flexibility index (Phi) is 5.07. The van der Waals surface area contributed by atoms with Crippen molar-refractivity contribution in [2.24, 2.45) is 17.8 Å². The molecule has 0 aromatic carbocycles. The molecule has 0 aliphatic heterocycles. The molecule has 0 saturated heterocycles. The minimum atomic E-state index is -0.200. The highest BCUT2D eigenvalue weighted by Crippen LogP contribution is 2.28. The van der Waals surface area contributed by atoms with Crippen molar-refractivity contribution in [1.82, 2.24) is 5.32 Å². The Labute approximate surface area is 94.5 Å². The molecule has 15 heavy (non-hydrogen) atoms. The second kappa shape index (κ2) is 5.86. The van der Waals surface area contributed by atoms with Crippen LogP contribution in [-0.2, 0) is 0 Å². The van der Waals surface area contributed by atoms with Crippen LogP contribution in [0.1, 0.15) is 47.0 Å². The Morgan fingerprint density at radius 1 is 1.27 bits per heavy atom. The van der Waals surface area contributed by atoms with Crippen molar-refractivity contribution in [2.75, 3.05) is 6.54 Å². The van der Waals surface area contributed by atoms with Gasteiger partial charge in [0.05, 0.1) is 6.10 Å². The number of aliphatic hydroxyl groups is 1. The number of hydrogen-bond donors (Lipinski definition) is 2. The van der Waals surface area contributed by atoms with E-state index in [1.807, 2.05) is 0 Å². The van der Waals surface area contributed by atoms with Crippen molar-refractivity contribution in [2.45, 2.75) is 59.1 Å². The van der Waals surface area contributed by atoms with Crippen molar-refractivity contribution in [1.29, 1.82) is 0 Å². The third kappa shape index (κ3) is 4.12. The summed E-state index contributed by atoms with van der Waals surface area (Å²) in [5.74, 6) is 1.96. The van der Waals surface area contributed by atoms with E-state index >= 15 is 0 Å². The second-order valence-corrected chi connectivity index (χ2v) is 5.72. The van der Waals surface area contributed by atoms with E-state index in [-0.39, 0.29) is 6.10 Å². The van der Waals surface area contributed by atoms with Gasteiger partial charge in [-0.15, -0.1) is 0 Å². The highest BCUT2D eigenvalue weighted by molar-refractivity contribution is 4.82. The van der Waals surface area contributed by atoms with Gasteiger partial charge in [-0.3, -0.25) is 0 Å². The topological polar surface area (TPSA) is 32.3 Å². The predicted molar refractivity (Wildman–Crippen MR) is 64.8 cm³/mol. The largest absolute Gasteiger partial charge is 0.392 e. The molecule has 0 amide bonds. The summed E-state index contributed by atoms with van der Waals surface area (Å²) < 4.78 is 0. The van der Waals surface area contributed by atoms with E-state index < -0.39 is 0 Å². The molecular formula is C13H27NO. The quantitative estimate of drug-likeness (QED) is 0.751. The van der Waals surface area contributed by atoms with E-state index in [9.17, 15) is 5.11 Å². The van der Waals surface area contributed by atoms with Crippen LogP contribution >= 0.6 is 0 Å². The summed E-state index contributed by atoms with van der Waals surface area (Å²) in [7, 11) is 0. The third-order valence-corrected chi connectivity index (χ3v) is 3.82. The van der Waals surface area contributed by atoms with Gasteiger partial charge in [0.15, 0.2) is 0 Å². The average Bonchev–Trinajstić information content (AvgIpc) is 2.18. The standard InChI is InChI=1S/C13H27NO/c1-9(2)13(15)8-14-12-7-10(3)5-6-11(12)4/h9-15H,5-8H2,1-4H3. The highest BCUT2D eigenvalue weighted by Gasteiger charge is 2.25. The van der Waals surface area contributed by atoms with Crippen molar-refractivity contribution in [3.05, 3.63) is 0 Å². The van der Waals surface area contributed by atoms with E-state index in [1.54, 1.807) is 0 Å². The SMILES string of the molecule is CC1CCC(C)C(NCC(O)C(C)C)C1. The second-order valence-electron chi connectivity index (χ2n) is 5.72. The minimum Gasteiger partial charge on any atom is -0.392 e. The van der Waals surface area contributed by atoms with Gasteiger partial charge in [0.1, 0.15) is 0 Å². The maximum Gasteiger partial charge on any atom is 0.0687 e. The molecule has 2 N–H and O–H groups in total. The van der Waals surface area contributed by atoms with Gasteiger partial charge in [-0.1, -0.05) is 34.1 Å². The molecule has 0 aromatic heterocycles. The van der Waals surface area contributed by atoms with Gasteiger partial charge in [-0.2, -0.15) is 0 Å². The Bertz CT molecular complexity index is 181. The van der Waals surface area contributed by atoms with Gasteiger partial charge in [0.25, 0.3) is 0 Å². The molecule has 1 saturated carbocycles. The summed E-state index contributed by atoms with van der Waals surface area (Å²) in [6.07, 6.45) is 3.77. The molecule has 1 rings (SSSR count). The fourth-order valence-electron chi connectivity index (χ4n) is 2.32. The molecule has 1 fully saturated rings. The van der Waals surface area contributed by atoms with Crippen LogP contribution in [0.3, 0.4) is 0 Å². The molecule has 4 unspecified atom stereocenters. The van der Waals surface area contributed by atoms with Crippen LogP contribution in [0.2, 0.25) is 0 Å². The van der Waals surface area contributed by atoms with Crippen molar-refractivity contribution >= 4 is 0 Å². The first-order chi connectivity index (χ1) is 7.00. The van der Waals surface area contributed by atoms with Crippen molar-refractivity contribution < 1.29 is 5.11 Å². The van der Waals surface area contributed by atoms with Crippen molar-refractivity contribution in [3.63, 3.8) is 0 Å². The summed E-state index contributed by atoms with van der Waals surface area (Å²) in [5, 5.41) is 13.3. The smallest absolute Gasteiger partial charge is 0.0687 e. The summed E-state index contributed by atoms with van der Waals surface area (Å²) in [6.45, 7) is 9.54. The molecule has 0 heterocycles. The molecule has 90 valence electrons. The first-order valence-corrected chi connectivity index (χ1v) is 6.42. The van der Waals surface area contributed by atoms with Gasteiger partial charge in [0.2, 0.25) is 0 Å². The van der Waals surface area contributed by atoms with Gasteiger partial charge < -0.3 is 10.4 Å². The molecule has 1 aliphatic carbocycles. The number of rotatable bonds is 4. The molecule has 4 atom stereocenters. The fourth-order valence-corrected chi connectivity index (χ4v) is 2.32. The fraction of sp³-hybridized carbons (Fsp3) is 1.00. The summed E-state index contributed by atoms with van der Waals surface area (Å²) in [4.78, 5) is 0. The van der Waals surface area contributed by atoms with Crippen LogP contribution in [0.5, 0.6) is 0 Å². The van der Waals surface area contributed by atoms with E-state index in [4.69, 9.17) is 0 Å². The molecule has 0 bridgehead atoms. The van der Waals surface area contributed by atoms with E-state index in [0.29, 0.717) is 12.0 Å². The van der Waals surface area contributed by atoms with Gasteiger partial charge in [0, 0.05) is 12.6 Å². The maximum atomic E-state index is 9.75. The lowest BCUT2D eigenvalue weighted by Gasteiger charge is -2.34. The molecular weight excluding hydrogens is 186 g/mol. The van der Waals surface area contributed by atoms with E-state index in [2.05, 4.69) is 33.0 Å². The lowest BCUT2D eigenvalue weighted by Crippen LogP contribution is -2.43. The first kappa shape index (κ1) is 13.0. The van der Waals surface area contributed by atoms with Gasteiger partial charge >= 0.3 is 0 Å². The lowest BCUT2D eigenvalue weighted by atomic mass is 9.80. The molecule has 2 nitrogen and oxygen atoms in total. The van der Waals surface area contributed by atoms with Crippen molar-refractivity contribution in [3.8, 4) is 0 Å². The van der Waals surface area contributed by atoms with Crippen LogP contribution in [0.4, 0.5) is 0 Å². The summed E-state index contributed by atoms with van der Waals surface area (Å²) in [5.41, 5.74) is 0. The highest BCUT2D eigenvalue weighted by atomic mass is 16.3. The van der Waals surface area contributed by atoms with E-state index in [0.717, 1.165) is 18.4 Å². The van der Waals surface area contributed by atoms with Crippen LogP contribution in [0.25, 0.3) is 0 Å². The van der Waals surface area contributed by atoms with E-state index in [1.165, 1.54) is 19.3 Å². The normalized spacial score (nSPS) is 34.4. The number of aliphatic hydroxyl groups excluding tert-OH is 1. The molecule has 0 radical (unpaired) electrons. The Hall–Kier alpha value is -0.0800. The van der Waals surface area contributed by atoms with Crippen LogP contribution in [-0.4, -0.2) is 23.8 Å². The first-order valence-electron chi connectivity index (χ1n) is 6.42. The molecule has 0 spiro atoms.